The van der Waals surface area contributed by atoms with Crippen LogP contribution in [0, 0.1) is 35.5 Å². The highest BCUT2D eigenvalue weighted by molar-refractivity contribution is 5.88. The van der Waals surface area contributed by atoms with Gasteiger partial charge in [0.25, 0.3) is 0 Å². The lowest BCUT2D eigenvalue weighted by molar-refractivity contribution is -0.317. The predicted octanol–water partition coefficient (Wildman–Crippen LogP) is 0.718. The van der Waals surface area contributed by atoms with E-state index in [1.165, 1.54) is 13.0 Å². The van der Waals surface area contributed by atoms with Crippen molar-refractivity contribution in [2.24, 2.45) is 35.5 Å². The highest BCUT2D eigenvalue weighted by atomic mass is 16.7. The van der Waals surface area contributed by atoms with Gasteiger partial charge < -0.3 is 70.4 Å². The maximum absolute atomic E-state index is 12.7. The molecule has 0 bridgehead atoms. The minimum Gasteiger partial charge on any atom is -0.454 e. The van der Waals surface area contributed by atoms with E-state index in [1.807, 2.05) is 19.9 Å². The van der Waals surface area contributed by atoms with Gasteiger partial charge >= 0.3 is 5.97 Å². The van der Waals surface area contributed by atoms with Gasteiger partial charge in [0.1, 0.15) is 42.7 Å². The first-order valence-corrected chi connectivity index (χ1v) is 19.9. The molecule has 1 saturated heterocycles. The molecule has 56 heavy (non-hydrogen) atoms. The predicted molar refractivity (Wildman–Crippen MR) is 209 cm³/mol. The van der Waals surface area contributed by atoms with Crippen molar-refractivity contribution in [3.8, 4) is 0 Å². The third-order valence-electron chi connectivity index (χ3n) is 11.1. The molecule has 0 aliphatic carbocycles. The highest BCUT2D eigenvalue weighted by Crippen LogP contribution is 2.33. The third kappa shape index (κ3) is 15.4. The van der Waals surface area contributed by atoms with Crippen molar-refractivity contribution in [3.05, 3.63) is 34.9 Å². The van der Waals surface area contributed by atoms with Crippen LogP contribution in [0.1, 0.15) is 88.5 Å². The first-order chi connectivity index (χ1) is 26.1. The second-order valence-electron chi connectivity index (χ2n) is 16.4. The van der Waals surface area contributed by atoms with Crippen LogP contribution in [0.25, 0.3) is 0 Å². The van der Waals surface area contributed by atoms with Crippen molar-refractivity contribution in [3.63, 3.8) is 0 Å². The van der Waals surface area contributed by atoms with Crippen LogP contribution in [0.2, 0.25) is 0 Å². The van der Waals surface area contributed by atoms with Crippen LogP contribution < -0.4 is 0 Å². The Labute approximate surface area is 333 Å². The van der Waals surface area contributed by atoms with E-state index >= 15 is 0 Å². The lowest BCUT2D eigenvalue weighted by Crippen LogP contribution is -2.60. The van der Waals surface area contributed by atoms with E-state index in [0.717, 1.165) is 19.3 Å². The molecule has 1 fully saturated rings. The zero-order valence-corrected chi connectivity index (χ0v) is 34.9. The van der Waals surface area contributed by atoms with Gasteiger partial charge in [-0.3, -0.25) is 0 Å². The van der Waals surface area contributed by atoms with Gasteiger partial charge in [0, 0.05) is 23.3 Å². The van der Waals surface area contributed by atoms with E-state index in [9.17, 15) is 55.9 Å². The van der Waals surface area contributed by atoms with Crippen LogP contribution in [-0.2, 0) is 19.0 Å². The van der Waals surface area contributed by atoms with E-state index in [0.29, 0.717) is 23.0 Å². The van der Waals surface area contributed by atoms with Gasteiger partial charge in [-0.2, -0.15) is 0 Å². The van der Waals surface area contributed by atoms with Gasteiger partial charge in [-0.05, 0) is 62.5 Å². The molecular formula is C41H74O15. The summed E-state index contributed by atoms with van der Waals surface area (Å²) in [4.78, 5) is 12.7. The second-order valence-corrected chi connectivity index (χ2v) is 16.4. The molecule has 0 saturated carbocycles. The molecule has 328 valence electrons. The molecule has 0 aromatic heterocycles. The third-order valence-corrected chi connectivity index (χ3v) is 11.1. The van der Waals surface area contributed by atoms with Crippen LogP contribution in [0.4, 0.5) is 0 Å². The largest absolute Gasteiger partial charge is 0.454 e. The zero-order valence-electron chi connectivity index (χ0n) is 34.9. The SMILES string of the molecule is CC[C@H](C)C[C@H](C)C[C@H](C)[C@@H](O[C@@H]1O[C@H](CO)[C@@H](O)[C@H](O)[C@H]1O)[C@@H](C)/C=C(\C)[C@@H](O)[C@@H](C)/C=C(\C)[C@@H](O)[C@@H](C)/C=C(\C)C(=O)O[C@H](CO)[C@@H](O)[C@H](O)[C@H](O)CO. The summed E-state index contributed by atoms with van der Waals surface area (Å²) < 4.78 is 17.2. The Balaban J connectivity index is 3.18. The Morgan fingerprint density at radius 3 is 1.73 bits per heavy atom. The van der Waals surface area contributed by atoms with Crippen LogP contribution in [0.3, 0.4) is 0 Å². The van der Waals surface area contributed by atoms with E-state index < -0.39 is 111 Å². The number of aliphatic hydroxyl groups excluding tert-OH is 11. The molecule has 0 amide bonds. The number of rotatable bonds is 24. The molecule has 1 aliphatic heterocycles. The van der Waals surface area contributed by atoms with Gasteiger partial charge in [-0.1, -0.05) is 73.1 Å². The molecule has 0 aromatic rings. The highest BCUT2D eigenvalue weighted by Gasteiger charge is 2.46. The number of carbonyl (C=O) groups is 1. The van der Waals surface area contributed by atoms with Crippen molar-refractivity contribution < 1.29 is 75.2 Å². The van der Waals surface area contributed by atoms with Crippen molar-refractivity contribution in [2.75, 3.05) is 19.8 Å². The zero-order chi connectivity index (χ0) is 43.2. The smallest absolute Gasteiger partial charge is 0.333 e. The second kappa shape index (κ2) is 24.9. The molecule has 18 atom stereocenters. The summed E-state index contributed by atoms with van der Waals surface area (Å²) >= 11 is 0. The summed E-state index contributed by atoms with van der Waals surface area (Å²) in [5.41, 5.74) is 1.17. The summed E-state index contributed by atoms with van der Waals surface area (Å²) in [7, 11) is 0. The molecule has 11 N–H and O–H groups in total. The first kappa shape index (κ1) is 52.2. The average Bonchev–Trinajstić information content (AvgIpc) is 3.16. The fourth-order valence-electron chi connectivity index (χ4n) is 7.43. The first-order valence-electron chi connectivity index (χ1n) is 19.9. The maximum Gasteiger partial charge on any atom is 0.333 e. The molecule has 0 spiro atoms. The molecule has 1 rings (SSSR count). The van der Waals surface area contributed by atoms with Crippen LogP contribution >= 0.6 is 0 Å². The van der Waals surface area contributed by atoms with Crippen molar-refractivity contribution in [1.82, 2.24) is 0 Å². The van der Waals surface area contributed by atoms with Gasteiger partial charge in [0.2, 0.25) is 0 Å². The minimum absolute atomic E-state index is 0.0389. The molecule has 15 nitrogen and oxygen atoms in total. The van der Waals surface area contributed by atoms with E-state index in [1.54, 1.807) is 33.8 Å². The standard InChI is InChI=1S/C41H74O15/c1-11-20(2)12-21(3)13-26(8)39(56-41-38(52)37(51)36(50)31(19-44)55-41)27(9)15-24(6)32(46)22(4)14-23(5)33(47)25(7)16-28(10)40(53)54-30(18-43)35(49)34(48)29(45)17-42/h14-16,20-22,25-27,29-39,41-52H,11-13,17-19H2,1-10H3/b23-14+,24-15+,28-16+/t20-,21-,22-,25-,26-,27-,29+,30+,31+,32-,33+,34+,35+,36+,37-,38+,39+,41-/m0/s1. The maximum atomic E-state index is 12.7. The fraction of sp³-hybridized carbons (Fsp3) is 0.829. The monoisotopic (exact) mass is 807 g/mol. The van der Waals surface area contributed by atoms with Crippen molar-refractivity contribution >= 4 is 5.97 Å². The number of esters is 1. The number of hydrogen-bond donors (Lipinski definition) is 11. The van der Waals surface area contributed by atoms with Crippen molar-refractivity contribution in [2.45, 2.75) is 162 Å². The fourth-order valence-corrected chi connectivity index (χ4v) is 7.43. The summed E-state index contributed by atoms with van der Waals surface area (Å²) in [5, 5.41) is 112. The lowest BCUT2D eigenvalue weighted by Gasteiger charge is -2.42. The van der Waals surface area contributed by atoms with E-state index in [4.69, 9.17) is 19.3 Å². The normalized spacial score (nSPS) is 28.5. The minimum atomic E-state index is -1.88. The number of aliphatic hydroxyl groups is 11. The van der Waals surface area contributed by atoms with Crippen LogP contribution in [0.15, 0.2) is 34.9 Å². The van der Waals surface area contributed by atoms with Crippen molar-refractivity contribution in [1.29, 1.82) is 0 Å². The summed E-state index contributed by atoms with van der Waals surface area (Å²) in [6.07, 6.45) is -8.91. The Hall–Kier alpha value is -1.83. The van der Waals surface area contributed by atoms with Gasteiger partial charge in [0.15, 0.2) is 12.4 Å². The van der Waals surface area contributed by atoms with Crippen LogP contribution in [0.5, 0.6) is 0 Å². The molecule has 1 heterocycles. The summed E-state index contributed by atoms with van der Waals surface area (Å²) in [6, 6.07) is 0. The molecule has 15 heteroatoms. The molecular weight excluding hydrogens is 732 g/mol. The molecule has 0 radical (unpaired) electrons. The molecule has 1 aliphatic rings. The Bertz CT molecular complexity index is 1240. The van der Waals surface area contributed by atoms with E-state index in [-0.39, 0.29) is 17.4 Å². The topological polar surface area (TPSA) is 267 Å². The number of hydrogen-bond acceptors (Lipinski definition) is 15. The molecule has 0 unspecified atom stereocenters. The summed E-state index contributed by atoms with van der Waals surface area (Å²) in [5.74, 6) is -1.54. The Kier molecular flexibility index (Phi) is 23.2. The Morgan fingerprint density at radius 1 is 0.696 bits per heavy atom. The number of ether oxygens (including phenoxy) is 3. The van der Waals surface area contributed by atoms with Gasteiger partial charge in [-0.25, -0.2) is 4.79 Å². The average molecular weight is 807 g/mol. The summed E-state index contributed by atoms with van der Waals surface area (Å²) in [6.45, 7) is 16.5. The Morgan fingerprint density at radius 2 is 1.23 bits per heavy atom. The number of carbonyl (C=O) groups excluding carboxylic acids is 1. The van der Waals surface area contributed by atoms with Gasteiger partial charge in [0.05, 0.1) is 38.1 Å². The van der Waals surface area contributed by atoms with Crippen LogP contribution in [-0.4, -0.2) is 155 Å². The quantitative estimate of drug-likeness (QED) is 0.0365. The van der Waals surface area contributed by atoms with Gasteiger partial charge in [-0.15, -0.1) is 0 Å². The van der Waals surface area contributed by atoms with E-state index in [2.05, 4.69) is 20.8 Å². The molecule has 0 aromatic carbocycles. The lowest BCUT2D eigenvalue weighted by atomic mass is 9.82.